The van der Waals surface area contributed by atoms with Crippen molar-refractivity contribution in [3.05, 3.63) is 73.1 Å². The zero-order chi connectivity index (χ0) is 25.2. The fourth-order valence-corrected chi connectivity index (χ4v) is 25.2. The molecule has 36 heavy (non-hydrogen) atoms. The first-order valence-electron chi connectivity index (χ1n) is 13.6. The molecule has 0 bridgehead atoms. The first kappa shape index (κ1) is 27.0. The van der Waals surface area contributed by atoms with Gasteiger partial charge >= 0.3 is 226 Å². The number of hydrogen-bond donors (Lipinski definition) is 0. The zero-order valence-electron chi connectivity index (χ0n) is 22.0. The Labute approximate surface area is 225 Å². The maximum atomic E-state index is 4.97. The number of rotatable bonds is 13. The summed E-state index contributed by atoms with van der Waals surface area (Å²) in [5.74, 6) is 0. The van der Waals surface area contributed by atoms with Crippen molar-refractivity contribution in [3.8, 4) is 33.2 Å². The molecule has 0 amide bonds. The molecule has 5 heteroatoms. The van der Waals surface area contributed by atoms with Crippen molar-refractivity contribution in [2.45, 2.75) is 72.6 Å². The molecule has 4 heterocycles. The summed E-state index contributed by atoms with van der Waals surface area (Å²) >= 11 is -0.379. The Morgan fingerprint density at radius 3 is 1.61 bits per heavy atom. The van der Waals surface area contributed by atoms with Crippen molar-refractivity contribution in [1.29, 1.82) is 0 Å². The number of pyridine rings is 3. The van der Waals surface area contributed by atoms with Crippen LogP contribution in [0.3, 0.4) is 0 Å². The standard InChI is InChI=1S/C19H12N3S.3C4H9.Sn/c1-3-9-20-15(6-1)17-12-14(19-8-5-11-23-19)13-18(22-17)16-7-2-4-10-21-16;3*1-3-4-2;/h1-10,12-13H;3*1,3-4H2,2H3;. The molecule has 0 N–H and O–H groups in total. The molecule has 4 rings (SSSR count). The summed E-state index contributed by atoms with van der Waals surface area (Å²) in [7, 11) is 0. The van der Waals surface area contributed by atoms with Crippen molar-refractivity contribution in [3.63, 3.8) is 0 Å². The van der Waals surface area contributed by atoms with Crippen LogP contribution in [-0.4, -0.2) is 33.3 Å². The predicted molar refractivity (Wildman–Crippen MR) is 159 cm³/mol. The summed E-state index contributed by atoms with van der Waals surface area (Å²) in [6, 6.07) is 21.4. The number of nitrogens with zero attached hydrogens (tertiary/aromatic N) is 3. The van der Waals surface area contributed by atoms with E-state index in [4.69, 9.17) is 4.98 Å². The van der Waals surface area contributed by atoms with Crippen LogP contribution in [0.25, 0.3) is 33.2 Å². The summed E-state index contributed by atoms with van der Waals surface area (Å²) in [6.07, 6.45) is 11.8. The van der Waals surface area contributed by atoms with Crippen LogP contribution in [-0.2, 0) is 0 Å². The van der Waals surface area contributed by atoms with Crippen molar-refractivity contribution in [2.75, 3.05) is 0 Å². The summed E-state index contributed by atoms with van der Waals surface area (Å²) in [6.45, 7) is 7.06. The molecule has 0 unspecified atom stereocenters. The van der Waals surface area contributed by atoms with Crippen LogP contribution >= 0.6 is 11.3 Å². The van der Waals surface area contributed by atoms with E-state index in [0.717, 1.165) is 22.8 Å². The van der Waals surface area contributed by atoms with Gasteiger partial charge in [0.2, 0.25) is 0 Å². The van der Waals surface area contributed by atoms with Crippen LogP contribution < -0.4 is 2.89 Å². The normalized spacial score (nSPS) is 11.6. The van der Waals surface area contributed by atoms with Gasteiger partial charge in [0.15, 0.2) is 0 Å². The van der Waals surface area contributed by atoms with E-state index in [2.05, 4.69) is 66.3 Å². The van der Waals surface area contributed by atoms with Gasteiger partial charge in [0, 0.05) is 0 Å². The molecule has 4 aromatic rings. The van der Waals surface area contributed by atoms with Crippen molar-refractivity contribution in [2.24, 2.45) is 0 Å². The van der Waals surface area contributed by atoms with Gasteiger partial charge in [0.1, 0.15) is 0 Å². The Bertz CT molecular complexity index is 1130. The molecule has 4 aromatic heterocycles. The van der Waals surface area contributed by atoms with Gasteiger partial charge in [-0.1, -0.05) is 0 Å². The monoisotopic (exact) mass is 605 g/mol. The molecule has 0 atom stereocenters. The van der Waals surface area contributed by atoms with Gasteiger partial charge in [0.25, 0.3) is 0 Å². The van der Waals surface area contributed by atoms with E-state index in [-0.39, 0.29) is 0 Å². The molecular weight excluding hydrogens is 565 g/mol. The van der Waals surface area contributed by atoms with Crippen molar-refractivity contribution >= 4 is 32.6 Å². The number of hydrogen-bond acceptors (Lipinski definition) is 4. The average Bonchev–Trinajstić information content (AvgIpc) is 3.45. The molecule has 0 aliphatic heterocycles. The summed E-state index contributed by atoms with van der Waals surface area (Å²) in [5, 5.41) is 0. The third kappa shape index (κ3) is 6.63. The molecule has 0 radical (unpaired) electrons. The Balaban J connectivity index is 1.78. The first-order valence-corrected chi connectivity index (χ1v) is 21.9. The number of unbranched alkanes of at least 4 members (excludes halogenated alkanes) is 3. The summed E-state index contributed by atoms with van der Waals surface area (Å²) in [4.78, 5) is 15.5. The SMILES string of the molecule is CCC[CH2][Sn]([CH2]CCC)([CH2]CCC)[c]1ccc(-c2cc(-c3ccccn3)nc(-c3ccccn3)c2)s1. The topological polar surface area (TPSA) is 38.7 Å². The molecule has 0 saturated heterocycles. The third-order valence-corrected chi connectivity index (χ3v) is 26.5. The average molecular weight is 604 g/mol. The van der Waals surface area contributed by atoms with E-state index in [1.165, 1.54) is 62.3 Å². The van der Waals surface area contributed by atoms with E-state index < -0.39 is 18.4 Å². The Kier molecular flexibility index (Phi) is 10.1. The van der Waals surface area contributed by atoms with Gasteiger partial charge in [0.05, 0.1) is 0 Å². The minimum absolute atomic E-state index is 0.899. The molecule has 0 aliphatic rings. The van der Waals surface area contributed by atoms with Gasteiger partial charge in [-0.2, -0.15) is 0 Å². The maximum absolute atomic E-state index is 4.97. The molecule has 0 fully saturated rings. The first-order chi connectivity index (χ1) is 17.7. The predicted octanol–water partition coefficient (Wildman–Crippen LogP) is 8.99. The number of thiophene rings is 1. The molecule has 0 aliphatic carbocycles. The van der Waals surface area contributed by atoms with E-state index in [0.29, 0.717) is 0 Å². The molecule has 188 valence electrons. The Morgan fingerprint density at radius 1 is 0.639 bits per heavy atom. The fourth-order valence-electron chi connectivity index (χ4n) is 5.03. The second-order valence-corrected chi connectivity index (χ2v) is 25.1. The Morgan fingerprint density at radius 2 is 1.17 bits per heavy atom. The zero-order valence-corrected chi connectivity index (χ0v) is 25.7. The van der Waals surface area contributed by atoms with Crippen LogP contribution in [0.2, 0.25) is 13.3 Å². The minimum atomic E-state index is -2.46. The van der Waals surface area contributed by atoms with Gasteiger partial charge in [-0.15, -0.1) is 0 Å². The van der Waals surface area contributed by atoms with Crippen molar-refractivity contribution < 1.29 is 0 Å². The molecular formula is C31H39N3SSn. The summed E-state index contributed by atoms with van der Waals surface area (Å²) < 4.78 is 6.27. The van der Waals surface area contributed by atoms with Crippen LogP contribution in [0.15, 0.2) is 73.1 Å². The van der Waals surface area contributed by atoms with Crippen LogP contribution in [0.1, 0.15) is 59.3 Å². The molecule has 0 aromatic carbocycles. The van der Waals surface area contributed by atoms with Gasteiger partial charge in [-0.25, -0.2) is 0 Å². The van der Waals surface area contributed by atoms with E-state index >= 15 is 0 Å². The third-order valence-electron chi connectivity index (χ3n) is 7.12. The van der Waals surface area contributed by atoms with Gasteiger partial charge < -0.3 is 0 Å². The van der Waals surface area contributed by atoms with Crippen LogP contribution in [0.5, 0.6) is 0 Å². The second-order valence-electron chi connectivity index (χ2n) is 9.81. The molecule has 0 spiro atoms. The summed E-state index contributed by atoms with van der Waals surface area (Å²) in [5.41, 5.74) is 4.83. The molecule has 3 nitrogen and oxygen atoms in total. The quantitative estimate of drug-likeness (QED) is 0.143. The second kappa shape index (κ2) is 13.5. The van der Waals surface area contributed by atoms with Crippen molar-refractivity contribution in [1.82, 2.24) is 15.0 Å². The van der Waals surface area contributed by atoms with Gasteiger partial charge in [-0.05, 0) is 0 Å². The Hall–Kier alpha value is -2.05. The fraction of sp³-hybridized carbons (Fsp3) is 0.387. The van der Waals surface area contributed by atoms with E-state index in [1.54, 1.807) is 2.89 Å². The number of aromatic nitrogens is 3. The van der Waals surface area contributed by atoms with E-state index in [9.17, 15) is 0 Å². The molecule has 0 saturated carbocycles. The van der Waals surface area contributed by atoms with Gasteiger partial charge in [-0.3, -0.25) is 0 Å². The van der Waals surface area contributed by atoms with E-state index in [1.807, 2.05) is 48.8 Å². The van der Waals surface area contributed by atoms with Crippen LogP contribution in [0.4, 0.5) is 0 Å². The van der Waals surface area contributed by atoms with Crippen LogP contribution in [0, 0.1) is 0 Å².